The largest absolute Gasteiger partial charge is 0.497 e. The molecule has 11 heteroatoms. The number of hydrogen-bond donors (Lipinski definition) is 2. The summed E-state index contributed by atoms with van der Waals surface area (Å²) >= 11 is 1.20. The van der Waals surface area contributed by atoms with Gasteiger partial charge in [-0.3, -0.25) is 14.5 Å². The van der Waals surface area contributed by atoms with Crippen LogP contribution in [0.25, 0.3) is 0 Å². The van der Waals surface area contributed by atoms with E-state index >= 15 is 0 Å². The summed E-state index contributed by atoms with van der Waals surface area (Å²) in [4.78, 5) is 31.1. The van der Waals surface area contributed by atoms with Crippen LogP contribution in [0.15, 0.2) is 58.4 Å². The average molecular weight is 463 g/mol. The van der Waals surface area contributed by atoms with Gasteiger partial charge in [-0.25, -0.2) is 18.5 Å². The highest BCUT2D eigenvalue weighted by atomic mass is 32.2. The van der Waals surface area contributed by atoms with E-state index < -0.39 is 15.3 Å². The molecule has 1 aliphatic rings. The SMILES string of the molecule is CCN1C(=O)C(CC(=O)Nc2ccc(OC)cc2)SC1=Nc1ccc(S(N)(=O)=O)cc1. The second-order valence-electron chi connectivity index (χ2n) is 6.60. The molecule has 0 aliphatic carbocycles. The standard InChI is InChI=1S/C20H22N4O5S2/c1-3-24-19(26)17(12-18(25)22-13-4-8-15(29-2)9-5-13)30-20(24)23-14-6-10-16(11-7-14)31(21,27)28/h4-11,17H,3,12H2,1-2H3,(H,22,25)(H2,21,27,28). The molecule has 164 valence electrons. The summed E-state index contributed by atoms with van der Waals surface area (Å²) in [6.07, 6.45) is -0.00456. The molecule has 0 bridgehead atoms. The number of sulfonamides is 1. The van der Waals surface area contributed by atoms with Gasteiger partial charge in [0.15, 0.2) is 5.17 Å². The summed E-state index contributed by atoms with van der Waals surface area (Å²) in [6, 6.07) is 12.6. The first-order valence-corrected chi connectivity index (χ1v) is 11.8. The molecule has 1 fully saturated rings. The number of ether oxygens (including phenoxy) is 1. The quantitative estimate of drug-likeness (QED) is 0.649. The molecule has 2 aromatic carbocycles. The number of nitrogens with two attached hydrogens (primary N) is 1. The zero-order chi connectivity index (χ0) is 22.6. The molecule has 0 aromatic heterocycles. The maximum absolute atomic E-state index is 12.7. The number of amides is 2. The monoisotopic (exact) mass is 462 g/mol. The van der Waals surface area contributed by atoms with E-state index in [2.05, 4.69) is 10.3 Å². The Hall–Kier alpha value is -2.89. The fourth-order valence-corrected chi connectivity index (χ4v) is 4.63. The van der Waals surface area contributed by atoms with Crippen molar-refractivity contribution < 1.29 is 22.7 Å². The third kappa shape index (κ3) is 5.63. The number of aliphatic imine (C=N–C) groups is 1. The van der Waals surface area contributed by atoms with Crippen LogP contribution in [0, 0.1) is 0 Å². The number of amidine groups is 1. The minimum absolute atomic E-state index is 0.00456. The third-order valence-electron chi connectivity index (χ3n) is 4.47. The van der Waals surface area contributed by atoms with Gasteiger partial charge in [-0.2, -0.15) is 0 Å². The Morgan fingerprint density at radius 3 is 2.39 bits per heavy atom. The number of hydrogen-bond acceptors (Lipinski definition) is 7. The van der Waals surface area contributed by atoms with Gasteiger partial charge < -0.3 is 10.1 Å². The number of thioether (sulfide) groups is 1. The molecular weight excluding hydrogens is 440 g/mol. The average Bonchev–Trinajstić information content (AvgIpc) is 3.02. The molecule has 9 nitrogen and oxygen atoms in total. The molecule has 2 amide bonds. The minimum atomic E-state index is -3.79. The summed E-state index contributed by atoms with van der Waals surface area (Å²) in [6.45, 7) is 2.22. The van der Waals surface area contributed by atoms with E-state index in [9.17, 15) is 18.0 Å². The smallest absolute Gasteiger partial charge is 0.242 e. The molecule has 3 N–H and O–H groups in total. The number of carbonyl (C=O) groups is 2. The normalized spacial score (nSPS) is 17.8. The number of carbonyl (C=O) groups excluding carboxylic acids is 2. The number of anilines is 1. The topological polar surface area (TPSA) is 131 Å². The van der Waals surface area contributed by atoms with Gasteiger partial charge in [0.05, 0.1) is 17.7 Å². The highest BCUT2D eigenvalue weighted by molar-refractivity contribution is 8.15. The van der Waals surface area contributed by atoms with Crippen LogP contribution in [-0.4, -0.2) is 49.2 Å². The molecule has 3 rings (SSSR count). The van der Waals surface area contributed by atoms with Gasteiger partial charge in [-0.05, 0) is 55.5 Å². The van der Waals surface area contributed by atoms with E-state index in [-0.39, 0.29) is 23.1 Å². The molecule has 1 saturated heterocycles. The van der Waals surface area contributed by atoms with E-state index in [0.717, 1.165) is 0 Å². The van der Waals surface area contributed by atoms with Crippen molar-refractivity contribution >= 4 is 50.1 Å². The van der Waals surface area contributed by atoms with Crippen LogP contribution in [0.4, 0.5) is 11.4 Å². The van der Waals surface area contributed by atoms with Crippen molar-refractivity contribution in [1.82, 2.24) is 4.90 Å². The zero-order valence-electron chi connectivity index (χ0n) is 16.9. The first-order valence-electron chi connectivity index (χ1n) is 9.34. The lowest BCUT2D eigenvalue weighted by molar-refractivity contribution is -0.128. The predicted molar refractivity (Wildman–Crippen MR) is 120 cm³/mol. The third-order valence-corrected chi connectivity index (χ3v) is 6.58. The summed E-state index contributed by atoms with van der Waals surface area (Å²) < 4.78 is 27.8. The number of nitrogens with zero attached hydrogens (tertiary/aromatic N) is 2. The van der Waals surface area contributed by atoms with Crippen molar-refractivity contribution in [2.45, 2.75) is 23.5 Å². The molecule has 1 heterocycles. The Balaban J connectivity index is 1.70. The van der Waals surface area contributed by atoms with Gasteiger partial charge in [0.25, 0.3) is 0 Å². The Labute approximate surface area is 184 Å². The van der Waals surface area contributed by atoms with Crippen molar-refractivity contribution in [2.24, 2.45) is 10.1 Å². The van der Waals surface area contributed by atoms with Gasteiger partial charge >= 0.3 is 0 Å². The van der Waals surface area contributed by atoms with E-state index in [0.29, 0.717) is 28.8 Å². The summed E-state index contributed by atoms with van der Waals surface area (Å²) in [5.74, 6) is 0.194. The lowest BCUT2D eigenvalue weighted by Gasteiger charge is -2.13. The second-order valence-corrected chi connectivity index (χ2v) is 9.33. The fraction of sp³-hybridized carbons (Fsp3) is 0.250. The number of nitrogens with one attached hydrogen (secondary N) is 1. The maximum atomic E-state index is 12.7. The minimum Gasteiger partial charge on any atom is -0.497 e. The first-order chi connectivity index (χ1) is 14.7. The summed E-state index contributed by atoms with van der Waals surface area (Å²) in [5.41, 5.74) is 1.09. The predicted octanol–water partition coefficient (Wildman–Crippen LogP) is 2.32. The molecule has 0 saturated carbocycles. The van der Waals surface area contributed by atoms with E-state index in [1.807, 2.05) is 6.92 Å². The van der Waals surface area contributed by atoms with Gasteiger partial charge in [-0.1, -0.05) is 11.8 Å². The lowest BCUT2D eigenvalue weighted by Crippen LogP contribution is -2.33. The zero-order valence-corrected chi connectivity index (χ0v) is 18.6. The number of methoxy groups -OCH3 is 1. The molecule has 1 aliphatic heterocycles. The van der Waals surface area contributed by atoms with Crippen molar-refractivity contribution in [3.63, 3.8) is 0 Å². The molecular formula is C20H22N4O5S2. The molecule has 0 radical (unpaired) electrons. The Bertz CT molecular complexity index is 1100. The number of benzene rings is 2. The van der Waals surface area contributed by atoms with Gasteiger partial charge in [0.2, 0.25) is 21.8 Å². The molecule has 1 unspecified atom stereocenters. The van der Waals surface area contributed by atoms with Gasteiger partial charge in [0, 0.05) is 18.7 Å². The van der Waals surface area contributed by atoms with Crippen LogP contribution in [-0.2, 0) is 19.6 Å². The maximum Gasteiger partial charge on any atom is 0.242 e. The first kappa shape index (κ1) is 22.8. The highest BCUT2D eigenvalue weighted by Crippen LogP contribution is 2.32. The van der Waals surface area contributed by atoms with Gasteiger partial charge in [0.1, 0.15) is 11.0 Å². The van der Waals surface area contributed by atoms with E-state index in [4.69, 9.17) is 9.88 Å². The van der Waals surface area contributed by atoms with Crippen LogP contribution in [0.2, 0.25) is 0 Å². The molecule has 2 aromatic rings. The van der Waals surface area contributed by atoms with Crippen LogP contribution < -0.4 is 15.2 Å². The van der Waals surface area contributed by atoms with E-state index in [1.165, 1.54) is 40.9 Å². The second kappa shape index (κ2) is 9.50. The number of rotatable bonds is 7. The van der Waals surface area contributed by atoms with Crippen LogP contribution in [0.1, 0.15) is 13.3 Å². The Kier molecular flexibility index (Phi) is 6.98. The fourth-order valence-electron chi connectivity index (χ4n) is 2.89. The van der Waals surface area contributed by atoms with Crippen molar-refractivity contribution in [3.05, 3.63) is 48.5 Å². The lowest BCUT2D eigenvalue weighted by atomic mass is 10.2. The Morgan fingerprint density at radius 2 is 1.84 bits per heavy atom. The van der Waals surface area contributed by atoms with Crippen molar-refractivity contribution in [2.75, 3.05) is 19.0 Å². The summed E-state index contributed by atoms with van der Waals surface area (Å²) in [7, 11) is -2.23. The van der Waals surface area contributed by atoms with Crippen LogP contribution in [0.5, 0.6) is 5.75 Å². The van der Waals surface area contributed by atoms with Crippen LogP contribution >= 0.6 is 11.8 Å². The van der Waals surface area contributed by atoms with Crippen molar-refractivity contribution in [1.29, 1.82) is 0 Å². The highest BCUT2D eigenvalue weighted by Gasteiger charge is 2.38. The molecule has 31 heavy (non-hydrogen) atoms. The Morgan fingerprint density at radius 1 is 1.19 bits per heavy atom. The van der Waals surface area contributed by atoms with Crippen molar-refractivity contribution in [3.8, 4) is 5.75 Å². The number of primary sulfonamides is 1. The molecule has 0 spiro atoms. The summed E-state index contributed by atoms with van der Waals surface area (Å²) in [5, 5.41) is 7.73. The van der Waals surface area contributed by atoms with Gasteiger partial charge in [-0.15, -0.1) is 0 Å². The molecule has 1 atom stereocenters. The van der Waals surface area contributed by atoms with E-state index in [1.54, 1.807) is 31.4 Å². The van der Waals surface area contributed by atoms with Crippen LogP contribution in [0.3, 0.4) is 0 Å².